The van der Waals surface area contributed by atoms with Gasteiger partial charge in [0, 0.05) is 24.0 Å². The van der Waals surface area contributed by atoms with Crippen molar-refractivity contribution < 1.29 is 13.2 Å². The molecule has 0 saturated carbocycles. The van der Waals surface area contributed by atoms with Gasteiger partial charge in [0.15, 0.2) is 0 Å². The molecule has 7 heteroatoms. The first kappa shape index (κ1) is 14.9. The Kier molecular flexibility index (Phi) is 4.97. The number of hydrogen-bond acceptors (Lipinski definition) is 5. The maximum absolute atomic E-state index is 11.4. The van der Waals surface area contributed by atoms with Crippen molar-refractivity contribution in [1.82, 2.24) is 9.62 Å². The molecule has 0 unspecified atom stereocenters. The summed E-state index contributed by atoms with van der Waals surface area (Å²) in [5.41, 5.74) is 0. The largest absolute Gasteiger partial charge is 0.379 e. The zero-order chi connectivity index (χ0) is 13.9. The van der Waals surface area contributed by atoms with Gasteiger partial charge in [0.05, 0.1) is 25.5 Å². The fraction of sp³-hybridized carbons (Fsp3) is 0.667. The van der Waals surface area contributed by atoms with Gasteiger partial charge in [-0.25, -0.2) is 13.1 Å². The number of rotatable bonds is 5. The predicted molar refractivity (Wildman–Crippen MR) is 76.9 cm³/mol. The number of hydrogen-bond donors (Lipinski definition) is 1. The smallest absolute Gasteiger partial charge is 0.209 e. The second kappa shape index (κ2) is 6.32. The van der Waals surface area contributed by atoms with Crippen molar-refractivity contribution in [3.05, 3.63) is 22.4 Å². The Balaban J connectivity index is 2.18. The van der Waals surface area contributed by atoms with Crippen LogP contribution in [-0.2, 0) is 14.8 Å². The van der Waals surface area contributed by atoms with E-state index in [1.165, 1.54) is 11.1 Å². The molecule has 1 aromatic rings. The Morgan fingerprint density at radius 1 is 1.42 bits per heavy atom. The fourth-order valence-electron chi connectivity index (χ4n) is 2.46. The number of thiophene rings is 1. The number of nitrogens with zero attached hydrogens (tertiary/aromatic N) is 1. The highest BCUT2D eigenvalue weighted by Crippen LogP contribution is 2.29. The predicted octanol–water partition coefficient (Wildman–Crippen LogP) is 1.06. The van der Waals surface area contributed by atoms with Crippen molar-refractivity contribution in [2.24, 2.45) is 0 Å². The summed E-state index contributed by atoms with van der Waals surface area (Å²) >= 11 is 1.66. The molecule has 0 aromatic carbocycles. The molecule has 19 heavy (non-hydrogen) atoms. The molecular formula is C12H20N2O3S2. The zero-order valence-electron chi connectivity index (χ0n) is 11.2. The van der Waals surface area contributed by atoms with Gasteiger partial charge in [-0.1, -0.05) is 6.07 Å². The van der Waals surface area contributed by atoms with E-state index in [1.807, 2.05) is 18.4 Å². The molecule has 1 saturated heterocycles. The average Bonchev–Trinajstić information content (AvgIpc) is 2.82. The third kappa shape index (κ3) is 4.25. The van der Waals surface area contributed by atoms with Gasteiger partial charge in [-0.15, -0.1) is 11.3 Å². The molecule has 5 nitrogen and oxygen atoms in total. The molecule has 1 aliphatic heterocycles. The summed E-state index contributed by atoms with van der Waals surface area (Å²) in [5.74, 6) is 0. The van der Waals surface area contributed by atoms with Gasteiger partial charge in [-0.05, 0) is 18.4 Å². The van der Waals surface area contributed by atoms with Crippen molar-refractivity contribution in [2.75, 3.05) is 32.6 Å². The van der Waals surface area contributed by atoms with E-state index in [9.17, 15) is 8.42 Å². The van der Waals surface area contributed by atoms with Crippen LogP contribution in [0.1, 0.15) is 17.8 Å². The first-order valence-corrected chi connectivity index (χ1v) is 9.07. The third-order valence-corrected chi connectivity index (χ3v) is 4.89. The van der Waals surface area contributed by atoms with Crippen molar-refractivity contribution in [2.45, 2.75) is 19.0 Å². The van der Waals surface area contributed by atoms with Crippen molar-refractivity contribution in [1.29, 1.82) is 0 Å². The lowest BCUT2D eigenvalue weighted by Gasteiger charge is -2.37. The molecule has 2 heterocycles. The maximum atomic E-state index is 11.4. The molecule has 0 radical (unpaired) electrons. The Labute approximate surface area is 118 Å². The molecule has 1 N–H and O–H groups in total. The summed E-state index contributed by atoms with van der Waals surface area (Å²) in [6.45, 7) is 4.98. The number of nitrogens with one attached hydrogen (secondary N) is 1. The lowest BCUT2D eigenvalue weighted by Crippen LogP contribution is -2.47. The summed E-state index contributed by atoms with van der Waals surface area (Å²) < 4.78 is 31.0. The van der Waals surface area contributed by atoms with Crippen LogP contribution in [0.3, 0.4) is 0 Å². The molecule has 2 atom stereocenters. The van der Waals surface area contributed by atoms with E-state index >= 15 is 0 Å². The molecule has 1 fully saturated rings. The van der Waals surface area contributed by atoms with Gasteiger partial charge in [0.2, 0.25) is 10.0 Å². The zero-order valence-corrected chi connectivity index (χ0v) is 12.8. The molecule has 1 aliphatic rings. The summed E-state index contributed by atoms with van der Waals surface area (Å²) in [6.07, 6.45) is 1.20. The minimum absolute atomic E-state index is 0.0682. The summed E-state index contributed by atoms with van der Waals surface area (Å²) in [4.78, 5) is 3.48. The quantitative estimate of drug-likeness (QED) is 0.884. The minimum Gasteiger partial charge on any atom is -0.379 e. The highest BCUT2D eigenvalue weighted by molar-refractivity contribution is 7.88. The first-order chi connectivity index (χ1) is 8.97. The standard InChI is InChI=1S/C12H20N2O3S2/c1-10(13-19(2,15)16)12(11-4-3-9-18-11)14-5-7-17-8-6-14/h3-4,9-10,12-13H,5-8H2,1-2H3/t10-,12+/m1/s1. The van der Waals surface area contributed by atoms with E-state index in [2.05, 4.69) is 15.7 Å². The molecule has 1 aromatic heterocycles. The molecule has 0 spiro atoms. The molecule has 108 valence electrons. The molecule has 0 aliphatic carbocycles. The van der Waals surface area contributed by atoms with Crippen LogP contribution in [-0.4, -0.2) is 51.9 Å². The SMILES string of the molecule is C[C@@H](NS(C)(=O)=O)[C@@H](c1cccs1)N1CCOCC1. The van der Waals surface area contributed by atoms with Crippen molar-refractivity contribution >= 4 is 21.4 Å². The maximum Gasteiger partial charge on any atom is 0.209 e. The Bertz CT molecular complexity index is 481. The Morgan fingerprint density at radius 3 is 2.63 bits per heavy atom. The van der Waals surface area contributed by atoms with E-state index in [1.54, 1.807) is 11.3 Å². The van der Waals surface area contributed by atoms with E-state index in [0.717, 1.165) is 13.1 Å². The van der Waals surface area contributed by atoms with Crippen molar-refractivity contribution in [3.63, 3.8) is 0 Å². The topological polar surface area (TPSA) is 58.6 Å². The second-order valence-electron chi connectivity index (χ2n) is 4.79. The van der Waals surface area contributed by atoms with E-state index in [0.29, 0.717) is 13.2 Å². The normalized spacial score (nSPS) is 21.2. The molecule has 2 rings (SSSR count). The second-order valence-corrected chi connectivity index (χ2v) is 7.55. The van der Waals surface area contributed by atoms with Crippen molar-refractivity contribution in [3.8, 4) is 0 Å². The van der Waals surface area contributed by atoms with Gasteiger partial charge in [-0.3, -0.25) is 4.90 Å². The molecular weight excluding hydrogens is 284 g/mol. The van der Waals surface area contributed by atoms with Gasteiger partial charge in [-0.2, -0.15) is 0 Å². The van der Waals surface area contributed by atoms with Crippen LogP contribution < -0.4 is 4.72 Å². The lowest BCUT2D eigenvalue weighted by molar-refractivity contribution is 0.0113. The van der Waals surface area contributed by atoms with Crippen LogP contribution in [0.15, 0.2) is 17.5 Å². The number of morpholine rings is 1. The van der Waals surface area contributed by atoms with Crippen LogP contribution in [0, 0.1) is 0 Å². The summed E-state index contributed by atoms with van der Waals surface area (Å²) in [5, 5.41) is 2.02. The molecule has 0 amide bonds. The van der Waals surface area contributed by atoms with Crippen LogP contribution in [0.25, 0.3) is 0 Å². The Morgan fingerprint density at radius 2 is 2.11 bits per heavy atom. The summed E-state index contributed by atoms with van der Waals surface area (Å²) in [7, 11) is -3.20. The van der Waals surface area contributed by atoms with Crippen LogP contribution >= 0.6 is 11.3 Å². The van der Waals surface area contributed by atoms with Gasteiger partial charge in [0.25, 0.3) is 0 Å². The summed E-state index contributed by atoms with van der Waals surface area (Å²) in [6, 6.07) is 3.97. The third-order valence-electron chi connectivity index (χ3n) is 3.15. The monoisotopic (exact) mass is 304 g/mol. The highest BCUT2D eigenvalue weighted by Gasteiger charge is 2.29. The average molecular weight is 304 g/mol. The van der Waals surface area contributed by atoms with Crippen LogP contribution in [0.4, 0.5) is 0 Å². The Hall–Kier alpha value is -0.470. The van der Waals surface area contributed by atoms with E-state index < -0.39 is 10.0 Å². The lowest BCUT2D eigenvalue weighted by atomic mass is 10.1. The molecule has 0 bridgehead atoms. The highest BCUT2D eigenvalue weighted by atomic mass is 32.2. The van der Waals surface area contributed by atoms with Crippen LogP contribution in [0.5, 0.6) is 0 Å². The van der Waals surface area contributed by atoms with Gasteiger partial charge < -0.3 is 4.74 Å². The fourth-order valence-corrected chi connectivity index (χ4v) is 4.23. The van der Waals surface area contributed by atoms with E-state index in [4.69, 9.17) is 4.74 Å². The van der Waals surface area contributed by atoms with E-state index in [-0.39, 0.29) is 12.1 Å². The number of sulfonamides is 1. The minimum atomic E-state index is -3.20. The van der Waals surface area contributed by atoms with Crippen LogP contribution in [0.2, 0.25) is 0 Å². The first-order valence-electron chi connectivity index (χ1n) is 6.30. The van der Waals surface area contributed by atoms with Gasteiger partial charge in [0.1, 0.15) is 0 Å². The number of ether oxygens (including phenoxy) is 1. The van der Waals surface area contributed by atoms with Gasteiger partial charge >= 0.3 is 0 Å².